The third kappa shape index (κ3) is 3.44. The van der Waals surface area contributed by atoms with E-state index in [1.807, 2.05) is 30.3 Å². The number of anilines is 1. The van der Waals surface area contributed by atoms with Gasteiger partial charge in [0.1, 0.15) is 0 Å². The van der Waals surface area contributed by atoms with Gasteiger partial charge in [-0.15, -0.1) is 0 Å². The molecule has 1 unspecified atom stereocenters. The molecule has 2 aromatic rings. The van der Waals surface area contributed by atoms with Crippen molar-refractivity contribution in [3.63, 3.8) is 0 Å². The fraction of sp³-hybridized carbons (Fsp3) is 0.250. The maximum atomic E-state index is 12.3. The molecule has 0 fully saturated rings. The molecule has 0 aliphatic carbocycles. The van der Waals surface area contributed by atoms with Crippen molar-refractivity contribution in [2.75, 3.05) is 5.73 Å². The lowest BCUT2D eigenvalue weighted by Gasteiger charge is -2.08. The summed E-state index contributed by atoms with van der Waals surface area (Å²) in [5.41, 5.74) is 8.82. The number of nitrogens with two attached hydrogens (primary N) is 1. The molecule has 0 aliphatic heterocycles. The predicted molar refractivity (Wildman–Crippen MR) is 81.5 cm³/mol. The average molecular weight is 273 g/mol. The first kappa shape index (κ1) is 13.8. The van der Waals surface area contributed by atoms with Gasteiger partial charge in [0.15, 0.2) is 0 Å². The molecule has 3 heteroatoms. The van der Waals surface area contributed by atoms with Gasteiger partial charge in [0.05, 0.1) is 21.4 Å². The molecule has 0 bridgehead atoms. The van der Waals surface area contributed by atoms with Gasteiger partial charge in [-0.2, -0.15) is 0 Å². The van der Waals surface area contributed by atoms with Crippen molar-refractivity contribution in [1.82, 2.24) is 0 Å². The Hall–Kier alpha value is -1.61. The second-order valence-electron chi connectivity index (χ2n) is 4.92. The molecule has 0 saturated heterocycles. The molecule has 0 heterocycles. The van der Waals surface area contributed by atoms with Gasteiger partial charge in [0.2, 0.25) is 0 Å². The lowest BCUT2D eigenvalue weighted by molar-refractivity contribution is 0.683. The molecule has 0 radical (unpaired) electrons. The molecule has 0 saturated carbocycles. The number of para-hydroxylation sites is 1. The monoisotopic (exact) mass is 273 g/mol. The minimum Gasteiger partial charge on any atom is -0.398 e. The van der Waals surface area contributed by atoms with E-state index in [9.17, 15) is 4.21 Å². The molecular weight excluding hydrogens is 254 g/mol. The standard InChI is InChI=1S/C16H19NOS/c1-12(2)14-9-7-13(8-10-14)11-19(18)16-6-4-3-5-15(16)17/h3-10,12H,11,17H2,1-2H3. The third-order valence-electron chi connectivity index (χ3n) is 3.11. The van der Waals surface area contributed by atoms with E-state index < -0.39 is 10.8 Å². The molecule has 2 N–H and O–H groups in total. The number of rotatable bonds is 4. The van der Waals surface area contributed by atoms with Crippen LogP contribution < -0.4 is 5.73 Å². The van der Waals surface area contributed by atoms with E-state index in [0.29, 0.717) is 17.4 Å². The van der Waals surface area contributed by atoms with Crippen molar-refractivity contribution < 1.29 is 4.21 Å². The Morgan fingerprint density at radius 2 is 1.68 bits per heavy atom. The summed E-state index contributed by atoms with van der Waals surface area (Å²) < 4.78 is 12.3. The Labute approximate surface area is 117 Å². The van der Waals surface area contributed by atoms with Crippen molar-refractivity contribution in [1.29, 1.82) is 0 Å². The third-order valence-corrected chi connectivity index (χ3v) is 4.57. The van der Waals surface area contributed by atoms with E-state index in [1.54, 1.807) is 6.07 Å². The van der Waals surface area contributed by atoms with Crippen LogP contribution in [0.25, 0.3) is 0 Å². The van der Waals surface area contributed by atoms with Gasteiger partial charge in [0.25, 0.3) is 0 Å². The van der Waals surface area contributed by atoms with Gasteiger partial charge < -0.3 is 5.73 Å². The second kappa shape index (κ2) is 6.02. The zero-order valence-corrected chi connectivity index (χ0v) is 12.1. The highest BCUT2D eigenvalue weighted by atomic mass is 32.2. The maximum absolute atomic E-state index is 12.3. The molecular formula is C16H19NOS. The molecule has 1 atom stereocenters. The summed E-state index contributed by atoms with van der Waals surface area (Å²) in [6.45, 7) is 4.33. The van der Waals surface area contributed by atoms with Crippen LogP contribution in [-0.2, 0) is 16.6 Å². The molecule has 19 heavy (non-hydrogen) atoms. The molecule has 0 amide bonds. The Kier molecular flexibility index (Phi) is 4.38. The minimum atomic E-state index is -1.09. The van der Waals surface area contributed by atoms with E-state index in [-0.39, 0.29) is 0 Å². The summed E-state index contributed by atoms with van der Waals surface area (Å²) in [7, 11) is -1.09. The molecule has 2 rings (SSSR count). The van der Waals surface area contributed by atoms with Crippen molar-refractivity contribution in [2.45, 2.75) is 30.4 Å². The fourth-order valence-electron chi connectivity index (χ4n) is 1.92. The van der Waals surface area contributed by atoms with Crippen LogP contribution in [0.2, 0.25) is 0 Å². The summed E-state index contributed by atoms with van der Waals surface area (Å²) in [5.74, 6) is 1.02. The largest absolute Gasteiger partial charge is 0.398 e. The van der Waals surface area contributed by atoms with Crippen LogP contribution in [0.1, 0.15) is 30.9 Å². The number of nitrogen functional groups attached to an aromatic ring is 1. The van der Waals surface area contributed by atoms with Crippen LogP contribution >= 0.6 is 0 Å². The first-order valence-corrected chi connectivity index (χ1v) is 7.71. The van der Waals surface area contributed by atoms with Gasteiger partial charge in [0, 0.05) is 5.69 Å². The van der Waals surface area contributed by atoms with Gasteiger partial charge >= 0.3 is 0 Å². The van der Waals surface area contributed by atoms with Crippen molar-refractivity contribution in [3.8, 4) is 0 Å². The van der Waals surface area contributed by atoms with E-state index >= 15 is 0 Å². The zero-order valence-electron chi connectivity index (χ0n) is 11.3. The molecule has 0 spiro atoms. The van der Waals surface area contributed by atoms with Crippen LogP contribution in [0.4, 0.5) is 5.69 Å². The van der Waals surface area contributed by atoms with Crippen LogP contribution in [0, 0.1) is 0 Å². The second-order valence-corrected chi connectivity index (χ2v) is 6.34. The lowest BCUT2D eigenvalue weighted by atomic mass is 10.0. The number of benzene rings is 2. The van der Waals surface area contributed by atoms with E-state index in [1.165, 1.54) is 5.56 Å². The molecule has 2 nitrogen and oxygen atoms in total. The lowest BCUT2D eigenvalue weighted by Crippen LogP contribution is -2.00. The normalized spacial score (nSPS) is 12.6. The highest BCUT2D eigenvalue weighted by Gasteiger charge is 2.08. The maximum Gasteiger partial charge on any atom is 0.0620 e. The average Bonchev–Trinajstić information content (AvgIpc) is 2.39. The van der Waals surface area contributed by atoms with Crippen molar-refractivity contribution in [2.24, 2.45) is 0 Å². The van der Waals surface area contributed by atoms with Crippen LogP contribution in [0.15, 0.2) is 53.4 Å². The number of hydrogen-bond acceptors (Lipinski definition) is 2. The summed E-state index contributed by atoms with van der Waals surface area (Å²) >= 11 is 0. The summed E-state index contributed by atoms with van der Waals surface area (Å²) in [6.07, 6.45) is 0. The van der Waals surface area contributed by atoms with E-state index in [4.69, 9.17) is 5.73 Å². The smallest absolute Gasteiger partial charge is 0.0620 e. The van der Waals surface area contributed by atoms with Gasteiger partial charge in [-0.3, -0.25) is 4.21 Å². The highest BCUT2D eigenvalue weighted by Crippen LogP contribution is 2.20. The summed E-state index contributed by atoms with van der Waals surface area (Å²) in [6, 6.07) is 15.6. The van der Waals surface area contributed by atoms with E-state index in [2.05, 4.69) is 26.0 Å². The summed E-state index contributed by atoms with van der Waals surface area (Å²) in [5, 5.41) is 0. The molecule has 2 aromatic carbocycles. The molecule has 100 valence electrons. The predicted octanol–water partition coefficient (Wildman–Crippen LogP) is 3.70. The topological polar surface area (TPSA) is 43.1 Å². The Balaban J connectivity index is 2.13. The van der Waals surface area contributed by atoms with Crippen molar-refractivity contribution in [3.05, 3.63) is 59.7 Å². The quantitative estimate of drug-likeness (QED) is 0.863. The highest BCUT2D eigenvalue weighted by molar-refractivity contribution is 7.84. The zero-order chi connectivity index (χ0) is 13.8. The Bertz CT molecular complexity index is 576. The first-order chi connectivity index (χ1) is 9.08. The molecule has 0 aromatic heterocycles. The Morgan fingerprint density at radius 3 is 2.26 bits per heavy atom. The Morgan fingerprint density at radius 1 is 1.05 bits per heavy atom. The van der Waals surface area contributed by atoms with Crippen LogP contribution in [0.3, 0.4) is 0 Å². The van der Waals surface area contributed by atoms with Gasteiger partial charge in [-0.1, -0.05) is 50.2 Å². The fourth-order valence-corrected chi connectivity index (χ4v) is 3.13. The van der Waals surface area contributed by atoms with Crippen molar-refractivity contribution >= 4 is 16.5 Å². The molecule has 0 aliphatic rings. The van der Waals surface area contributed by atoms with Crippen LogP contribution in [-0.4, -0.2) is 4.21 Å². The van der Waals surface area contributed by atoms with Gasteiger partial charge in [-0.25, -0.2) is 0 Å². The first-order valence-electron chi connectivity index (χ1n) is 6.39. The minimum absolute atomic E-state index is 0.507. The summed E-state index contributed by atoms with van der Waals surface area (Å²) in [4.78, 5) is 0.718. The number of hydrogen-bond donors (Lipinski definition) is 1. The van der Waals surface area contributed by atoms with Crippen LogP contribution in [0.5, 0.6) is 0 Å². The SMILES string of the molecule is CC(C)c1ccc(CS(=O)c2ccccc2N)cc1. The van der Waals surface area contributed by atoms with Gasteiger partial charge in [-0.05, 0) is 29.2 Å². The van der Waals surface area contributed by atoms with E-state index in [0.717, 1.165) is 10.5 Å².